The van der Waals surface area contributed by atoms with Crippen LogP contribution in [0.4, 0.5) is 0 Å². The van der Waals surface area contributed by atoms with Crippen molar-refractivity contribution in [3.05, 3.63) is 114 Å². The summed E-state index contributed by atoms with van der Waals surface area (Å²) in [6.07, 6.45) is 2.09. The standard InChI is InChI=1S/C34H26NO/c1-21-18-29-27-16-15-22(2)32(31-14-8-9-17-35(31)3)34(27)36-33(29)30(19-21)28-20-23-10-4-5-11-24(23)25-12-6-7-13-26(25)28/h4-20H,1-3H3/q+1. The number of aromatic nitrogens is 1. The van der Waals surface area contributed by atoms with Crippen molar-refractivity contribution in [3.8, 4) is 22.4 Å². The van der Waals surface area contributed by atoms with Crippen LogP contribution in [0.3, 0.4) is 0 Å². The van der Waals surface area contributed by atoms with Crippen molar-refractivity contribution in [2.24, 2.45) is 7.05 Å². The molecule has 0 bridgehead atoms. The van der Waals surface area contributed by atoms with Gasteiger partial charge in [0, 0.05) is 28.5 Å². The molecule has 2 aromatic heterocycles. The average molecular weight is 465 g/mol. The van der Waals surface area contributed by atoms with Gasteiger partial charge >= 0.3 is 0 Å². The molecule has 0 spiro atoms. The summed E-state index contributed by atoms with van der Waals surface area (Å²) >= 11 is 0. The lowest BCUT2D eigenvalue weighted by Crippen LogP contribution is -2.30. The first-order valence-electron chi connectivity index (χ1n) is 12.4. The normalized spacial score (nSPS) is 11.8. The fourth-order valence-electron chi connectivity index (χ4n) is 5.76. The Morgan fingerprint density at radius 2 is 1.33 bits per heavy atom. The molecular weight excluding hydrogens is 438 g/mol. The highest BCUT2D eigenvalue weighted by Crippen LogP contribution is 2.43. The van der Waals surface area contributed by atoms with Gasteiger partial charge in [0.25, 0.3) is 0 Å². The SMILES string of the molecule is Cc1cc(-c2cc3ccccc3c3ccccc23)c2oc3c(-c4cccc[n+]4C)c(C)ccc3c2c1. The minimum atomic E-state index is 0.946. The highest BCUT2D eigenvalue weighted by atomic mass is 16.3. The van der Waals surface area contributed by atoms with Crippen molar-refractivity contribution in [2.75, 3.05) is 0 Å². The Kier molecular flexibility index (Phi) is 4.52. The van der Waals surface area contributed by atoms with Gasteiger partial charge < -0.3 is 4.42 Å². The molecule has 7 aromatic rings. The molecule has 0 saturated carbocycles. The maximum absolute atomic E-state index is 6.86. The lowest BCUT2D eigenvalue weighted by atomic mass is 9.91. The number of aryl methyl sites for hydroxylation is 3. The highest BCUT2D eigenvalue weighted by Gasteiger charge is 2.22. The van der Waals surface area contributed by atoms with E-state index in [4.69, 9.17) is 4.42 Å². The zero-order valence-electron chi connectivity index (χ0n) is 20.7. The zero-order chi connectivity index (χ0) is 24.4. The predicted octanol–water partition coefficient (Wildman–Crippen LogP) is 8.67. The second-order valence-corrected chi connectivity index (χ2v) is 9.81. The van der Waals surface area contributed by atoms with E-state index in [-0.39, 0.29) is 0 Å². The first-order valence-corrected chi connectivity index (χ1v) is 12.4. The number of nitrogens with zero attached hydrogens (tertiary/aromatic N) is 1. The van der Waals surface area contributed by atoms with E-state index in [0.717, 1.165) is 38.8 Å². The summed E-state index contributed by atoms with van der Waals surface area (Å²) in [6, 6.07) is 35.0. The topological polar surface area (TPSA) is 17.0 Å². The van der Waals surface area contributed by atoms with Crippen LogP contribution in [0.5, 0.6) is 0 Å². The molecule has 0 radical (unpaired) electrons. The average Bonchev–Trinajstić information content (AvgIpc) is 3.26. The largest absolute Gasteiger partial charge is 0.454 e. The van der Waals surface area contributed by atoms with Gasteiger partial charge in [0.1, 0.15) is 18.2 Å². The molecule has 172 valence electrons. The molecule has 36 heavy (non-hydrogen) atoms. The third kappa shape index (κ3) is 3.01. The van der Waals surface area contributed by atoms with Crippen LogP contribution in [0, 0.1) is 13.8 Å². The van der Waals surface area contributed by atoms with Crippen LogP contribution in [-0.2, 0) is 7.05 Å². The Morgan fingerprint density at radius 3 is 2.17 bits per heavy atom. The van der Waals surface area contributed by atoms with E-state index in [1.165, 1.54) is 38.2 Å². The Hall–Kier alpha value is -4.43. The molecule has 0 aliphatic heterocycles. The molecular formula is C34H26NO+. The molecule has 0 aliphatic rings. The number of furan rings is 1. The summed E-state index contributed by atoms with van der Waals surface area (Å²) in [5.41, 5.74) is 8.98. The summed E-state index contributed by atoms with van der Waals surface area (Å²) in [4.78, 5) is 0. The third-order valence-corrected chi connectivity index (χ3v) is 7.46. The van der Waals surface area contributed by atoms with Crippen molar-refractivity contribution in [2.45, 2.75) is 13.8 Å². The van der Waals surface area contributed by atoms with Crippen LogP contribution in [0.15, 0.2) is 108 Å². The summed E-state index contributed by atoms with van der Waals surface area (Å²) in [5.74, 6) is 0. The van der Waals surface area contributed by atoms with E-state index in [0.29, 0.717) is 0 Å². The molecule has 0 unspecified atom stereocenters. The molecule has 0 aliphatic carbocycles. The Labute approximate surface area is 210 Å². The van der Waals surface area contributed by atoms with E-state index in [2.05, 4.69) is 129 Å². The molecule has 0 amide bonds. The van der Waals surface area contributed by atoms with Gasteiger partial charge in [-0.1, -0.05) is 60.7 Å². The van der Waals surface area contributed by atoms with Crippen molar-refractivity contribution in [3.63, 3.8) is 0 Å². The molecule has 2 nitrogen and oxygen atoms in total. The molecule has 5 aromatic carbocycles. The number of benzene rings is 5. The second kappa shape index (κ2) is 7.79. The second-order valence-electron chi connectivity index (χ2n) is 9.81. The minimum absolute atomic E-state index is 0.946. The minimum Gasteiger partial charge on any atom is -0.454 e. The number of hydrogen-bond donors (Lipinski definition) is 0. The zero-order valence-corrected chi connectivity index (χ0v) is 20.7. The maximum Gasteiger partial charge on any atom is 0.216 e. The quantitative estimate of drug-likeness (QED) is 0.185. The molecule has 0 saturated heterocycles. The van der Waals surface area contributed by atoms with Crippen molar-refractivity contribution < 1.29 is 8.98 Å². The van der Waals surface area contributed by atoms with Gasteiger partial charge in [-0.25, -0.2) is 4.57 Å². The van der Waals surface area contributed by atoms with Crippen LogP contribution in [-0.4, -0.2) is 0 Å². The fraction of sp³-hybridized carbons (Fsp3) is 0.0882. The summed E-state index contributed by atoms with van der Waals surface area (Å²) in [6.45, 7) is 4.34. The van der Waals surface area contributed by atoms with Crippen molar-refractivity contribution >= 4 is 43.5 Å². The van der Waals surface area contributed by atoms with Crippen LogP contribution in [0.25, 0.3) is 65.9 Å². The van der Waals surface area contributed by atoms with Crippen LogP contribution in [0.1, 0.15) is 11.1 Å². The van der Waals surface area contributed by atoms with Gasteiger partial charge in [0.2, 0.25) is 5.69 Å². The lowest BCUT2D eigenvalue weighted by Gasteiger charge is -2.12. The first kappa shape index (κ1) is 20.9. The molecule has 7 rings (SSSR count). The number of fused-ring (bicyclic) bond motifs is 6. The van der Waals surface area contributed by atoms with Gasteiger partial charge in [0.05, 0.1) is 5.56 Å². The van der Waals surface area contributed by atoms with Gasteiger partial charge in [0.15, 0.2) is 6.20 Å². The Balaban J connectivity index is 1.63. The predicted molar refractivity (Wildman–Crippen MR) is 150 cm³/mol. The molecule has 0 N–H and O–H groups in total. The van der Waals surface area contributed by atoms with Gasteiger partial charge in [-0.2, -0.15) is 0 Å². The highest BCUT2D eigenvalue weighted by molar-refractivity contribution is 6.19. The number of rotatable bonds is 2. The van der Waals surface area contributed by atoms with Crippen LogP contribution < -0.4 is 4.57 Å². The van der Waals surface area contributed by atoms with E-state index in [9.17, 15) is 0 Å². The first-order chi connectivity index (χ1) is 17.6. The van der Waals surface area contributed by atoms with E-state index in [1.54, 1.807) is 0 Å². The number of hydrogen-bond acceptors (Lipinski definition) is 1. The summed E-state index contributed by atoms with van der Waals surface area (Å²) in [5, 5.41) is 7.35. The van der Waals surface area contributed by atoms with Gasteiger partial charge in [-0.15, -0.1) is 0 Å². The van der Waals surface area contributed by atoms with Gasteiger partial charge in [-0.3, -0.25) is 0 Å². The maximum atomic E-state index is 6.86. The van der Waals surface area contributed by atoms with E-state index < -0.39 is 0 Å². The van der Waals surface area contributed by atoms with Crippen molar-refractivity contribution in [1.82, 2.24) is 0 Å². The number of pyridine rings is 1. The molecule has 2 heterocycles. The van der Waals surface area contributed by atoms with Crippen LogP contribution >= 0.6 is 0 Å². The summed E-state index contributed by atoms with van der Waals surface area (Å²) < 4.78 is 9.03. The lowest BCUT2D eigenvalue weighted by molar-refractivity contribution is -0.660. The van der Waals surface area contributed by atoms with Gasteiger partial charge in [-0.05, 0) is 76.3 Å². The van der Waals surface area contributed by atoms with E-state index >= 15 is 0 Å². The van der Waals surface area contributed by atoms with E-state index in [1.807, 2.05) is 0 Å². The summed E-state index contributed by atoms with van der Waals surface area (Å²) in [7, 11) is 2.09. The molecule has 0 atom stereocenters. The fourth-order valence-corrected chi connectivity index (χ4v) is 5.76. The third-order valence-electron chi connectivity index (χ3n) is 7.46. The van der Waals surface area contributed by atoms with Crippen molar-refractivity contribution in [1.29, 1.82) is 0 Å². The smallest absolute Gasteiger partial charge is 0.216 e. The Bertz CT molecular complexity index is 1980. The molecule has 0 fully saturated rings. The Morgan fingerprint density at radius 1 is 0.583 bits per heavy atom. The molecule has 2 heteroatoms. The monoisotopic (exact) mass is 464 g/mol. The van der Waals surface area contributed by atoms with Crippen LogP contribution in [0.2, 0.25) is 0 Å².